The number of aromatic hydroxyl groups is 1. The number of amides is 2. The average Bonchev–Trinajstić information content (AvgIpc) is 2.95. The molecule has 2 aromatic rings. The quantitative estimate of drug-likeness (QED) is 0.244. The van der Waals surface area contributed by atoms with Crippen molar-refractivity contribution in [3.63, 3.8) is 0 Å². The van der Waals surface area contributed by atoms with Crippen molar-refractivity contribution >= 4 is 40.6 Å². The average molecular weight is 607 g/mol. The largest absolute Gasteiger partial charge is 0.507 e. The van der Waals surface area contributed by atoms with Crippen LogP contribution in [0, 0.1) is 23.7 Å². The SMILES string of the molecule is CON(C)CC(=O)Nc1ccc(-c2ccc(O)c3c2C[C@@H]2C[C@@H]4[C@@H](N(C)C)C(=O)C(C(N)=O)C(=O)[C@]4(O)C(=O)C2C3=O)cc1. The molecule has 5 N–H and O–H groups in total. The van der Waals surface area contributed by atoms with Crippen LogP contribution in [-0.4, -0.2) is 102 Å². The van der Waals surface area contributed by atoms with Crippen LogP contribution < -0.4 is 11.1 Å². The van der Waals surface area contributed by atoms with Gasteiger partial charge in [-0.3, -0.25) is 33.7 Å². The first-order chi connectivity index (χ1) is 20.7. The Balaban J connectivity index is 1.52. The van der Waals surface area contributed by atoms with Crippen molar-refractivity contribution in [2.75, 3.05) is 40.1 Å². The Hall–Kier alpha value is -4.30. The van der Waals surface area contributed by atoms with E-state index in [9.17, 15) is 39.0 Å². The Bertz CT molecular complexity index is 1590. The second kappa shape index (κ2) is 11.3. The molecule has 2 unspecified atom stereocenters. The van der Waals surface area contributed by atoms with Gasteiger partial charge >= 0.3 is 0 Å². The summed E-state index contributed by atoms with van der Waals surface area (Å²) < 4.78 is 0. The lowest BCUT2D eigenvalue weighted by molar-refractivity contribution is -0.181. The zero-order chi connectivity index (χ0) is 32.2. The molecule has 13 nitrogen and oxygen atoms in total. The molecule has 3 aliphatic carbocycles. The first-order valence-electron chi connectivity index (χ1n) is 14.1. The Morgan fingerprint density at radius 2 is 1.70 bits per heavy atom. The van der Waals surface area contributed by atoms with Gasteiger partial charge in [-0.25, -0.2) is 0 Å². The molecule has 0 spiro atoms. The van der Waals surface area contributed by atoms with E-state index in [0.717, 1.165) is 0 Å². The van der Waals surface area contributed by atoms with Crippen LogP contribution in [0.3, 0.4) is 0 Å². The van der Waals surface area contributed by atoms with Gasteiger partial charge in [0.15, 0.2) is 34.7 Å². The summed E-state index contributed by atoms with van der Waals surface area (Å²) in [5, 5.41) is 26.6. The number of ketones is 4. The van der Waals surface area contributed by atoms with Crippen molar-refractivity contribution in [3.8, 4) is 16.9 Å². The lowest BCUT2D eigenvalue weighted by Crippen LogP contribution is -2.74. The predicted molar refractivity (Wildman–Crippen MR) is 155 cm³/mol. The first-order valence-corrected chi connectivity index (χ1v) is 14.1. The standard InChI is InChI=1S/C31H34N4O9/c1-34(2)25-19-12-15-11-18-17(14-5-7-16(8-6-14)33-21(37)13-35(3)44-4)9-10-20(36)23(18)26(38)22(15)28(40)31(19,43)29(41)24(27(25)39)30(32)42/h5-10,15,19,22,24-25,36,43H,11-13H2,1-4H3,(H2,32,42)(H,33,37)/t15-,19-,22?,24?,25-,31-/m1/s1. The van der Waals surface area contributed by atoms with Gasteiger partial charge in [0, 0.05) is 18.7 Å². The second-order valence-electron chi connectivity index (χ2n) is 11.9. The third-order valence-corrected chi connectivity index (χ3v) is 9.10. The maximum absolute atomic E-state index is 14.0. The molecule has 0 aliphatic heterocycles. The summed E-state index contributed by atoms with van der Waals surface area (Å²) in [5.74, 6) is -11.3. The van der Waals surface area contributed by atoms with Crippen molar-refractivity contribution in [1.29, 1.82) is 0 Å². The number of carbonyl (C=O) groups excluding carboxylic acids is 6. The molecule has 0 bridgehead atoms. The molecule has 232 valence electrons. The molecule has 0 radical (unpaired) electrons. The minimum Gasteiger partial charge on any atom is -0.507 e. The minimum absolute atomic E-state index is 0.0122. The molecule has 2 amide bonds. The van der Waals surface area contributed by atoms with Gasteiger partial charge in [0.05, 0.1) is 24.6 Å². The molecule has 13 heteroatoms. The van der Waals surface area contributed by atoms with Gasteiger partial charge in [-0.2, -0.15) is 5.06 Å². The number of hydrogen-bond acceptors (Lipinski definition) is 11. The zero-order valence-corrected chi connectivity index (χ0v) is 24.7. The summed E-state index contributed by atoms with van der Waals surface area (Å²) in [4.78, 5) is 85.3. The number of fused-ring (bicyclic) bond motifs is 3. The molecule has 5 rings (SSSR count). The fourth-order valence-corrected chi connectivity index (χ4v) is 7.08. The Morgan fingerprint density at radius 1 is 1.05 bits per heavy atom. The van der Waals surface area contributed by atoms with Gasteiger partial charge in [-0.05, 0) is 67.7 Å². The number of nitrogens with zero attached hydrogens (tertiary/aromatic N) is 2. The maximum Gasteiger partial charge on any atom is 0.240 e. The highest BCUT2D eigenvalue weighted by Gasteiger charge is 2.69. The molecule has 0 heterocycles. The second-order valence-corrected chi connectivity index (χ2v) is 11.9. The van der Waals surface area contributed by atoms with E-state index in [1.165, 1.54) is 37.2 Å². The van der Waals surface area contributed by atoms with Crippen LogP contribution in [0.4, 0.5) is 5.69 Å². The number of hydrogen-bond donors (Lipinski definition) is 4. The number of primary amides is 1. The van der Waals surface area contributed by atoms with E-state index in [1.807, 2.05) is 0 Å². The summed E-state index contributed by atoms with van der Waals surface area (Å²) in [6.45, 7) is 0.0122. The fraction of sp³-hybridized carbons (Fsp3) is 0.419. The molecular formula is C31H34N4O9. The maximum atomic E-state index is 14.0. The molecule has 44 heavy (non-hydrogen) atoms. The van der Waals surface area contributed by atoms with Crippen LogP contribution in [0.2, 0.25) is 0 Å². The highest BCUT2D eigenvalue weighted by Crippen LogP contribution is 2.51. The number of likely N-dealkylation sites (N-methyl/N-ethyl adjacent to an activating group) is 2. The van der Waals surface area contributed by atoms with Crippen LogP contribution in [-0.2, 0) is 35.2 Å². The smallest absolute Gasteiger partial charge is 0.240 e. The molecule has 0 aromatic heterocycles. The predicted octanol–water partition coefficient (Wildman–Crippen LogP) is -0.0343. The number of phenols is 1. The topological polar surface area (TPSA) is 197 Å². The number of aliphatic hydroxyl groups is 1. The first kappa shape index (κ1) is 31.1. The number of Topliss-reactive ketones (excluding diaryl/α,β-unsaturated/α-hetero) is 4. The number of carbonyl (C=O) groups is 6. The zero-order valence-electron chi connectivity index (χ0n) is 24.7. The number of rotatable bonds is 7. The van der Waals surface area contributed by atoms with Crippen molar-refractivity contribution < 1.29 is 43.8 Å². The van der Waals surface area contributed by atoms with Crippen molar-refractivity contribution in [2.45, 2.75) is 24.5 Å². The van der Waals surface area contributed by atoms with E-state index in [4.69, 9.17) is 10.6 Å². The van der Waals surface area contributed by atoms with E-state index in [-0.39, 0.29) is 36.6 Å². The molecule has 2 aromatic carbocycles. The van der Waals surface area contributed by atoms with Gasteiger partial charge in [-0.1, -0.05) is 18.2 Å². The van der Waals surface area contributed by atoms with Crippen LogP contribution in [0.25, 0.3) is 11.1 Å². The normalized spacial score (nSPS) is 28.0. The van der Waals surface area contributed by atoms with Crippen molar-refractivity contribution in [2.24, 2.45) is 29.4 Å². The lowest BCUT2D eigenvalue weighted by Gasteiger charge is -2.52. The van der Waals surface area contributed by atoms with E-state index < -0.39 is 64.4 Å². The number of phenolic OH excluding ortho intramolecular Hbond substituents is 1. The summed E-state index contributed by atoms with van der Waals surface area (Å²) in [6, 6.07) is 8.68. The lowest BCUT2D eigenvalue weighted by atomic mass is 9.52. The molecule has 3 aliphatic rings. The fourth-order valence-electron chi connectivity index (χ4n) is 7.08. The van der Waals surface area contributed by atoms with Gasteiger partial charge in [0.2, 0.25) is 11.8 Å². The number of anilines is 1. The highest BCUT2D eigenvalue weighted by atomic mass is 16.7. The van der Waals surface area contributed by atoms with Crippen LogP contribution in [0.1, 0.15) is 22.3 Å². The number of benzene rings is 2. The third-order valence-electron chi connectivity index (χ3n) is 9.10. The van der Waals surface area contributed by atoms with E-state index in [0.29, 0.717) is 22.4 Å². The molecular weight excluding hydrogens is 572 g/mol. The van der Waals surface area contributed by atoms with Crippen LogP contribution in [0.5, 0.6) is 5.75 Å². The van der Waals surface area contributed by atoms with Crippen molar-refractivity contribution in [3.05, 3.63) is 47.5 Å². The van der Waals surface area contributed by atoms with Crippen molar-refractivity contribution in [1.82, 2.24) is 9.96 Å². The van der Waals surface area contributed by atoms with Gasteiger partial charge < -0.3 is 26.1 Å². The van der Waals surface area contributed by atoms with E-state index >= 15 is 0 Å². The van der Waals surface area contributed by atoms with Gasteiger partial charge in [-0.15, -0.1) is 0 Å². The monoisotopic (exact) mass is 606 g/mol. The Kier molecular flexibility index (Phi) is 8.01. The summed E-state index contributed by atoms with van der Waals surface area (Å²) in [7, 11) is 6.13. The van der Waals surface area contributed by atoms with Gasteiger partial charge in [0.1, 0.15) is 12.3 Å². The Morgan fingerprint density at radius 3 is 2.30 bits per heavy atom. The molecule has 6 atom stereocenters. The van der Waals surface area contributed by atoms with Crippen LogP contribution in [0.15, 0.2) is 36.4 Å². The molecule has 2 fully saturated rings. The number of nitrogens with two attached hydrogens (primary N) is 1. The highest BCUT2D eigenvalue weighted by molar-refractivity contribution is 6.32. The summed E-state index contributed by atoms with van der Waals surface area (Å²) >= 11 is 0. The van der Waals surface area contributed by atoms with Gasteiger partial charge in [0.25, 0.3) is 0 Å². The minimum atomic E-state index is -2.78. The summed E-state index contributed by atoms with van der Waals surface area (Å²) in [5.41, 5.74) is 4.80. The number of hydroxylamine groups is 2. The van der Waals surface area contributed by atoms with Crippen LogP contribution >= 0.6 is 0 Å². The number of nitrogens with one attached hydrogen (secondary N) is 1. The molecule has 0 saturated heterocycles. The Labute approximate surface area is 252 Å². The summed E-state index contributed by atoms with van der Waals surface area (Å²) in [6.07, 6.45) is 0.0945. The third kappa shape index (κ3) is 4.81. The van der Waals surface area contributed by atoms with E-state index in [2.05, 4.69) is 5.32 Å². The molecule has 2 saturated carbocycles. The van der Waals surface area contributed by atoms with E-state index in [1.54, 1.807) is 37.4 Å².